The molecule has 3 rings (SSSR count). The number of nitrogens with two attached hydrogens (primary N) is 1. The van der Waals surface area contributed by atoms with E-state index < -0.39 is 0 Å². The van der Waals surface area contributed by atoms with Gasteiger partial charge in [-0.1, -0.05) is 45.7 Å². The van der Waals surface area contributed by atoms with Crippen molar-refractivity contribution in [2.75, 3.05) is 5.73 Å². The van der Waals surface area contributed by atoms with E-state index in [1.165, 1.54) is 0 Å². The van der Waals surface area contributed by atoms with E-state index in [1.807, 2.05) is 36.5 Å². The molecule has 4 heteroatoms. The van der Waals surface area contributed by atoms with Crippen LogP contribution >= 0.6 is 27.5 Å². The van der Waals surface area contributed by atoms with Gasteiger partial charge >= 0.3 is 0 Å². The predicted octanol–water partition coefficient (Wildman–Crippen LogP) is 4.69. The van der Waals surface area contributed by atoms with Crippen LogP contribution in [0.2, 0.25) is 5.02 Å². The maximum absolute atomic E-state index is 6.25. The Morgan fingerprint density at radius 1 is 1.16 bits per heavy atom. The lowest BCUT2D eigenvalue weighted by molar-refractivity contribution is 0.837. The molecular formula is C15H12BrClN2. The Kier molecular flexibility index (Phi) is 3.25. The van der Waals surface area contributed by atoms with Crippen LogP contribution in [0.5, 0.6) is 0 Å². The van der Waals surface area contributed by atoms with Gasteiger partial charge in [-0.2, -0.15) is 0 Å². The molecule has 2 N–H and O–H groups in total. The number of hydrogen-bond acceptors (Lipinski definition) is 1. The molecule has 0 bridgehead atoms. The summed E-state index contributed by atoms with van der Waals surface area (Å²) in [5, 5.41) is 1.85. The van der Waals surface area contributed by atoms with Crippen LogP contribution in [0, 0.1) is 0 Å². The van der Waals surface area contributed by atoms with Crippen molar-refractivity contribution in [1.82, 2.24) is 4.57 Å². The quantitative estimate of drug-likeness (QED) is 0.677. The molecular weight excluding hydrogens is 324 g/mol. The topological polar surface area (TPSA) is 30.9 Å². The van der Waals surface area contributed by atoms with Crippen LogP contribution in [0.3, 0.4) is 0 Å². The first kappa shape index (κ1) is 12.6. The summed E-state index contributed by atoms with van der Waals surface area (Å²) in [6, 6.07) is 14.1. The third kappa shape index (κ3) is 2.48. The van der Waals surface area contributed by atoms with Gasteiger partial charge in [-0.05, 0) is 29.8 Å². The summed E-state index contributed by atoms with van der Waals surface area (Å²) >= 11 is 9.72. The summed E-state index contributed by atoms with van der Waals surface area (Å²) in [5.74, 6) is 0. The van der Waals surface area contributed by atoms with E-state index in [2.05, 4.69) is 32.6 Å². The second kappa shape index (κ2) is 4.91. The molecule has 19 heavy (non-hydrogen) atoms. The first-order chi connectivity index (χ1) is 9.13. The van der Waals surface area contributed by atoms with Crippen molar-refractivity contribution >= 4 is 44.1 Å². The Balaban J connectivity index is 2.06. The van der Waals surface area contributed by atoms with Crippen LogP contribution in [-0.4, -0.2) is 4.57 Å². The van der Waals surface area contributed by atoms with Gasteiger partial charge < -0.3 is 10.3 Å². The number of benzene rings is 2. The smallest absolute Gasteiger partial charge is 0.0661 e. The molecule has 0 aliphatic rings. The average molecular weight is 336 g/mol. The molecule has 0 saturated carbocycles. The molecule has 0 aliphatic carbocycles. The fraction of sp³-hybridized carbons (Fsp3) is 0.0667. The second-order valence-electron chi connectivity index (χ2n) is 4.51. The number of para-hydroxylation sites is 1. The highest BCUT2D eigenvalue weighted by molar-refractivity contribution is 9.10. The zero-order valence-electron chi connectivity index (χ0n) is 10.1. The van der Waals surface area contributed by atoms with Gasteiger partial charge in [0.25, 0.3) is 0 Å². The maximum atomic E-state index is 6.25. The van der Waals surface area contributed by atoms with Gasteiger partial charge in [0.1, 0.15) is 0 Å². The first-order valence-corrected chi connectivity index (χ1v) is 7.09. The van der Waals surface area contributed by atoms with Gasteiger partial charge in [0.15, 0.2) is 0 Å². The minimum Gasteiger partial charge on any atom is -0.399 e. The van der Waals surface area contributed by atoms with Gasteiger partial charge in [0.05, 0.1) is 5.02 Å². The van der Waals surface area contributed by atoms with Gasteiger partial charge in [-0.15, -0.1) is 0 Å². The van der Waals surface area contributed by atoms with Gasteiger partial charge in [-0.3, -0.25) is 0 Å². The van der Waals surface area contributed by atoms with Crippen LogP contribution < -0.4 is 5.73 Å². The number of halogens is 2. The largest absolute Gasteiger partial charge is 0.399 e. The zero-order chi connectivity index (χ0) is 13.4. The minimum atomic E-state index is 0.747. The molecule has 2 nitrogen and oxygen atoms in total. The fourth-order valence-electron chi connectivity index (χ4n) is 2.30. The van der Waals surface area contributed by atoms with E-state index in [9.17, 15) is 0 Å². The summed E-state index contributed by atoms with van der Waals surface area (Å²) in [4.78, 5) is 0. The molecule has 0 saturated heterocycles. The molecule has 1 aromatic heterocycles. The monoisotopic (exact) mass is 334 g/mol. The number of nitrogen functional groups attached to an aromatic ring is 1. The van der Waals surface area contributed by atoms with Crippen molar-refractivity contribution in [3.05, 3.63) is 63.7 Å². The van der Waals surface area contributed by atoms with Crippen LogP contribution in [0.15, 0.2) is 53.1 Å². The number of rotatable bonds is 2. The Hall–Kier alpha value is -1.45. The molecule has 1 heterocycles. The predicted molar refractivity (Wildman–Crippen MR) is 84.6 cm³/mol. The van der Waals surface area contributed by atoms with E-state index in [4.69, 9.17) is 17.3 Å². The van der Waals surface area contributed by atoms with Crippen molar-refractivity contribution in [1.29, 1.82) is 0 Å². The minimum absolute atomic E-state index is 0.747. The van der Waals surface area contributed by atoms with Gasteiger partial charge in [0, 0.05) is 33.8 Å². The van der Waals surface area contributed by atoms with Gasteiger partial charge in [0.2, 0.25) is 0 Å². The zero-order valence-corrected chi connectivity index (χ0v) is 12.4. The maximum Gasteiger partial charge on any atom is 0.0661 e. The lowest BCUT2D eigenvalue weighted by Crippen LogP contribution is -1.99. The van der Waals surface area contributed by atoms with Crippen molar-refractivity contribution in [2.45, 2.75) is 6.54 Å². The summed E-state index contributed by atoms with van der Waals surface area (Å²) in [5.41, 5.74) is 8.90. The van der Waals surface area contributed by atoms with Gasteiger partial charge in [-0.25, -0.2) is 0 Å². The highest BCUT2D eigenvalue weighted by Crippen LogP contribution is 2.27. The van der Waals surface area contributed by atoms with Crippen molar-refractivity contribution in [3.8, 4) is 0 Å². The Labute approximate surface area is 124 Å². The molecule has 3 aromatic rings. The van der Waals surface area contributed by atoms with Crippen LogP contribution in [0.25, 0.3) is 10.9 Å². The first-order valence-electron chi connectivity index (χ1n) is 5.92. The van der Waals surface area contributed by atoms with E-state index in [1.54, 1.807) is 0 Å². The van der Waals surface area contributed by atoms with Crippen molar-refractivity contribution in [2.24, 2.45) is 0 Å². The molecule has 96 valence electrons. The third-order valence-corrected chi connectivity index (χ3v) is 3.83. The Morgan fingerprint density at radius 3 is 2.74 bits per heavy atom. The average Bonchev–Trinajstić information content (AvgIpc) is 2.66. The molecule has 0 spiro atoms. The lowest BCUT2D eigenvalue weighted by atomic mass is 10.2. The van der Waals surface area contributed by atoms with Crippen molar-refractivity contribution < 1.29 is 0 Å². The molecule has 0 aliphatic heterocycles. The van der Waals surface area contributed by atoms with Crippen LogP contribution in [0.4, 0.5) is 5.69 Å². The summed E-state index contributed by atoms with van der Waals surface area (Å²) in [7, 11) is 0. The fourth-order valence-corrected chi connectivity index (χ4v) is 3.13. The van der Waals surface area contributed by atoms with E-state index in [-0.39, 0.29) is 0 Å². The van der Waals surface area contributed by atoms with E-state index in [0.717, 1.165) is 38.2 Å². The highest BCUT2D eigenvalue weighted by Gasteiger charge is 2.07. The summed E-state index contributed by atoms with van der Waals surface area (Å²) in [6.07, 6.45) is 1.96. The number of hydrogen-bond donors (Lipinski definition) is 1. The Morgan fingerprint density at radius 2 is 1.95 bits per heavy atom. The van der Waals surface area contributed by atoms with E-state index in [0.29, 0.717) is 0 Å². The van der Waals surface area contributed by atoms with E-state index >= 15 is 0 Å². The number of nitrogens with zero attached hydrogens (tertiary/aromatic N) is 1. The summed E-state index contributed by atoms with van der Waals surface area (Å²) in [6.45, 7) is 0.747. The lowest BCUT2D eigenvalue weighted by Gasteiger charge is -2.07. The summed E-state index contributed by atoms with van der Waals surface area (Å²) < 4.78 is 3.13. The molecule has 0 radical (unpaired) electrons. The molecule has 2 aromatic carbocycles. The molecule has 0 amide bonds. The van der Waals surface area contributed by atoms with Crippen LogP contribution in [-0.2, 0) is 6.54 Å². The third-order valence-electron chi connectivity index (χ3n) is 3.07. The number of aromatic nitrogens is 1. The SMILES string of the molecule is Nc1cc(Br)cc(Cn2cc(Cl)c3ccccc32)c1. The normalized spacial score (nSPS) is 11.1. The number of fused-ring (bicyclic) bond motifs is 1. The van der Waals surface area contributed by atoms with Crippen molar-refractivity contribution in [3.63, 3.8) is 0 Å². The molecule has 0 fully saturated rings. The Bertz CT molecular complexity index is 729. The standard InChI is InChI=1S/C15H12BrClN2/c16-11-5-10(6-12(18)7-11)8-19-9-14(17)13-3-1-2-4-15(13)19/h1-7,9H,8,18H2. The molecule has 0 unspecified atom stereocenters. The molecule has 0 atom stereocenters. The second-order valence-corrected chi connectivity index (χ2v) is 5.84. The highest BCUT2D eigenvalue weighted by atomic mass is 79.9. The van der Waals surface area contributed by atoms with Crippen LogP contribution in [0.1, 0.15) is 5.56 Å². The number of anilines is 1.